The molecular formula is C11H15F3N4O. The van der Waals surface area contributed by atoms with Gasteiger partial charge in [0.05, 0.1) is 6.10 Å². The molecule has 0 spiro atoms. The number of alkyl halides is 3. The second-order valence-electron chi connectivity index (χ2n) is 4.65. The van der Waals surface area contributed by atoms with Crippen molar-refractivity contribution in [2.24, 2.45) is 0 Å². The van der Waals surface area contributed by atoms with Gasteiger partial charge in [-0.3, -0.25) is 0 Å². The minimum Gasteiger partial charge on any atom is -0.393 e. The Bertz CT molecular complexity index is 444. The average Bonchev–Trinajstić information content (AvgIpc) is 2.30. The van der Waals surface area contributed by atoms with E-state index in [9.17, 15) is 18.3 Å². The molecule has 4 N–H and O–H groups in total. The molecule has 8 heteroatoms. The summed E-state index contributed by atoms with van der Waals surface area (Å²) in [6, 6.07) is 1.28. The van der Waals surface area contributed by atoms with Crippen LogP contribution in [0.15, 0.2) is 6.07 Å². The van der Waals surface area contributed by atoms with Crippen molar-refractivity contribution in [3.05, 3.63) is 11.9 Å². The largest absolute Gasteiger partial charge is 0.451 e. The van der Waals surface area contributed by atoms with Crippen molar-refractivity contribution in [2.75, 3.05) is 11.1 Å². The molecule has 1 aromatic heterocycles. The van der Waals surface area contributed by atoms with Gasteiger partial charge < -0.3 is 16.2 Å². The molecule has 0 radical (unpaired) electrons. The highest BCUT2D eigenvalue weighted by Gasteiger charge is 2.35. The molecule has 0 unspecified atom stereocenters. The Labute approximate surface area is 108 Å². The first kappa shape index (κ1) is 13.9. The monoisotopic (exact) mass is 276 g/mol. The lowest BCUT2D eigenvalue weighted by atomic mass is 9.93. The van der Waals surface area contributed by atoms with Crippen molar-refractivity contribution in [1.82, 2.24) is 9.97 Å². The van der Waals surface area contributed by atoms with Crippen LogP contribution in [0.25, 0.3) is 0 Å². The lowest BCUT2D eigenvalue weighted by molar-refractivity contribution is -0.144. The van der Waals surface area contributed by atoms with Crippen LogP contribution in [0, 0.1) is 0 Å². The van der Waals surface area contributed by atoms with E-state index in [1.807, 2.05) is 0 Å². The van der Waals surface area contributed by atoms with Crippen LogP contribution in [-0.4, -0.2) is 27.2 Å². The van der Waals surface area contributed by atoms with Gasteiger partial charge in [-0.2, -0.15) is 13.2 Å². The van der Waals surface area contributed by atoms with E-state index >= 15 is 0 Å². The summed E-state index contributed by atoms with van der Waals surface area (Å²) in [5.74, 6) is -1.40. The summed E-state index contributed by atoms with van der Waals surface area (Å²) >= 11 is 0. The molecule has 0 bridgehead atoms. The Balaban J connectivity index is 2.10. The molecule has 106 valence electrons. The Kier molecular flexibility index (Phi) is 3.79. The van der Waals surface area contributed by atoms with E-state index in [0.717, 1.165) is 0 Å². The molecule has 1 saturated carbocycles. The molecule has 0 aliphatic heterocycles. The number of nitrogen functional groups attached to an aromatic ring is 1. The summed E-state index contributed by atoms with van der Waals surface area (Å²) in [7, 11) is 0. The molecule has 5 nitrogen and oxygen atoms in total. The summed E-state index contributed by atoms with van der Waals surface area (Å²) in [5, 5.41) is 12.3. The van der Waals surface area contributed by atoms with Crippen molar-refractivity contribution >= 4 is 11.6 Å². The molecule has 0 amide bonds. The maximum atomic E-state index is 12.5. The van der Waals surface area contributed by atoms with Crippen LogP contribution in [0.1, 0.15) is 31.5 Å². The van der Waals surface area contributed by atoms with E-state index in [2.05, 4.69) is 15.3 Å². The molecule has 0 atom stereocenters. The van der Waals surface area contributed by atoms with Gasteiger partial charge in [0, 0.05) is 12.1 Å². The van der Waals surface area contributed by atoms with Crippen molar-refractivity contribution in [3.63, 3.8) is 0 Å². The second kappa shape index (κ2) is 5.20. The first-order chi connectivity index (χ1) is 8.84. The van der Waals surface area contributed by atoms with Gasteiger partial charge in [-0.15, -0.1) is 0 Å². The topological polar surface area (TPSA) is 84.1 Å². The number of nitrogens with one attached hydrogen (secondary N) is 1. The zero-order chi connectivity index (χ0) is 14.0. The highest BCUT2D eigenvalue weighted by molar-refractivity contribution is 5.45. The van der Waals surface area contributed by atoms with E-state index in [-0.39, 0.29) is 23.8 Å². The highest BCUT2D eigenvalue weighted by atomic mass is 19.4. The summed E-state index contributed by atoms with van der Waals surface area (Å²) in [6.45, 7) is 0. The number of aliphatic hydroxyl groups excluding tert-OH is 1. The molecule has 1 aliphatic rings. The zero-order valence-electron chi connectivity index (χ0n) is 10.1. The Morgan fingerprint density at radius 2 is 1.84 bits per heavy atom. The first-order valence-electron chi connectivity index (χ1n) is 6.01. The highest BCUT2D eigenvalue weighted by Crippen LogP contribution is 2.28. The van der Waals surface area contributed by atoms with E-state index in [1.54, 1.807) is 0 Å². The van der Waals surface area contributed by atoms with Crippen molar-refractivity contribution in [2.45, 2.75) is 44.0 Å². The van der Waals surface area contributed by atoms with Crippen LogP contribution < -0.4 is 11.1 Å². The second-order valence-corrected chi connectivity index (χ2v) is 4.65. The van der Waals surface area contributed by atoms with Gasteiger partial charge in [-0.1, -0.05) is 0 Å². The smallest absolute Gasteiger partial charge is 0.393 e. The number of nitrogens with two attached hydrogens (primary N) is 1. The quantitative estimate of drug-likeness (QED) is 0.767. The molecule has 1 aliphatic carbocycles. The first-order valence-corrected chi connectivity index (χ1v) is 6.01. The molecule has 2 rings (SSSR count). The average molecular weight is 276 g/mol. The Morgan fingerprint density at radius 3 is 2.42 bits per heavy atom. The molecule has 0 saturated heterocycles. The summed E-state index contributed by atoms with van der Waals surface area (Å²) in [5.41, 5.74) is 5.35. The summed E-state index contributed by atoms with van der Waals surface area (Å²) < 4.78 is 37.6. The predicted molar refractivity (Wildman–Crippen MR) is 63.3 cm³/mol. The predicted octanol–water partition coefficient (Wildman–Crippen LogP) is 1.79. The fourth-order valence-corrected chi connectivity index (χ4v) is 2.10. The van der Waals surface area contributed by atoms with Gasteiger partial charge in [0.25, 0.3) is 0 Å². The number of rotatable bonds is 2. The molecule has 0 aromatic carbocycles. The third-order valence-electron chi connectivity index (χ3n) is 3.05. The van der Waals surface area contributed by atoms with Gasteiger partial charge in [0.15, 0.2) is 0 Å². The third-order valence-corrected chi connectivity index (χ3v) is 3.05. The van der Waals surface area contributed by atoms with Crippen LogP contribution in [-0.2, 0) is 6.18 Å². The van der Waals surface area contributed by atoms with Gasteiger partial charge in [0.2, 0.25) is 5.82 Å². The lowest BCUT2D eigenvalue weighted by Gasteiger charge is -2.26. The number of hydrogen-bond acceptors (Lipinski definition) is 5. The maximum Gasteiger partial charge on any atom is 0.451 e. The standard InChI is InChI=1S/C11H15F3N4O/c12-11(13,14)10-17-8(15)5-9(18-10)16-6-1-3-7(19)4-2-6/h5-7,19H,1-4H2,(H3,15,16,17,18). The van der Waals surface area contributed by atoms with E-state index in [0.29, 0.717) is 25.7 Å². The van der Waals surface area contributed by atoms with Crippen LogP contribution in [0.3, 0.4) is 0 Å². The minimum absolute atomic E-state index is 0.00113. The van der Waals surface area contributed by atoms with Crippen LogP contribution in [0.4, 0.5) is 24.8 Å². The van der Waals surface area contributed by atoms with E-state index < -0.39 is 12.0 Å². The molecular weight excluding hydrogens is 261 g/mol. The van der Waals surface area contributed by atoms with Crippen molar-refractivity contribution in [3.8, 4) is 0 Å². The van der Waals surface area contributed by atoms with Crippen molar-refractivity contribution < 1.29 is 18.3 Å². The molecule has 1 fully saturated rings. The Morgan fingerprint density at radius 1 is 1.21 bits per heavy atom. The molecule has 1 aromatic rings. The summed E-state index contributed by atoms with van der Waals surface area (Å²) in [6.07, 6.45) is -2.30. The zero-order valence-corrected chi connectivity index (χ0v) is 10.1. The lowest BCUT2D eigenvalue weighted by Crippen LogP contribution is -2.29. The van der Waals surface area contributed by atoms with Crippen LogP contribution >= 0.6 is 0 Å². The van der Waals surface area contributed by atoms with Crippen molar-refractivity contribution in [1.29, 1.82) is 0 Å². The SMILES string of the molecule is Nc1cc(NC2CCC(O)CC2)nc(C(F)(F)F)n1. The maximum absolute atomic E-state index is 12.5. The fraction of sp³-hybridized carbons (Fsp3) is 0.636. The summed E-state index contributed by atoms with van der Waals surface area (Å²) in [4.78, 5) is 6.60. The van der Waals surface area contributed by atoms with Gasteiger partial charge >= 0.3 is 6.18 Å². The third kappa shape index (κ3) is 3.69. The van der Waals surface area contributed by atoms with Gasteiger partial charge in [0.1, 0.15) is 11.6 Å². The Hall–Kier alpha value is -1.57. The van der Waals surface area contributed by atoms with Gasteiger partial charge in [-0.05, 0) is 25.7 Å². The number of halogens is 3. The number of aromatic nitrogens is 2. The normalized spacial score (nSPS) is 24.2. The number of aliphatic hydroxyl groups is 1. The fourth-order valence-electron chi connectivity index (χ4n) is 2.10. The minimum atomic E-state index is -4.62. The van der Waals surface area contributed by atoms with Crippen LogP contribution in [0.2, 0.25) is 0 Å². The molecule has 1 heterocycles. The number of hydrogen-bond donors (Lipinski definition) is 3. The molecule has 19 heavy (non-hydrogen) atoms. The number of anilines is 2. The van der Waals surface area contributed by atoms with Gasteiger partial charge in [-0.25, -0.2) is 9.97 Å². The van der Waals surface area contributed by atoms with E-state index in [1.165, 1.54) is 6.07 Å². The van der Waals surface area contributed by atoms with Crippen LogP contribution in [0.5, 0.6) is 0 Å². The van der Waals surface area contributed by atoms with E-state index in [4.69, 9.17) is 5.73 Å². The number of nitrogens with zero attached hydrogens (tertiary/aromatic N) is 2.